The van der Waals surface area contributed by atoms with Crippen molar-refractivity contribution in [2.45, 2.75) is 19.8 Å². The van der Waals surface area contributed by atoms with E-state index in [1.165, 1.54) is 6.20 Å². The monoisotopic (exact) mass is 311 g/mol. The summed E-state index contributed by atoms with van der Waals surface area (Å²) in [5.74, 6) is 1.30. The Labute approximate surface area is 134 Å². The van der Waals surface area contributed by atoms with Gasteiger partial charge in [-0.05, 0) is 49.6 Å². The number of aryl methyl sites for hydroxylation is 1. The van der Waals surface area contributed by atoms with E-state index in [1.807, 2.05) is 25.1 Å². The van der Waals surface area contributed by atoms with E-state index in [1.54, 1.807) is 18.3 Å². The average molecular weight is 311 g/mol. The van der Waals surface area contributed by atoms with Crippen LogP contribution in [0.5, 0.6) is 11.5 Å². The number of hydrazone groups is 1. The Hall–Kier alpha value is -2.89. The van der Waals surface area contributed by atoms with Gasteiger partial charge in [0.2, 0.25) is 6.79 Å². The van der Waals surface area contributed by atoms with Gasteiger partial charge in [0.15, 0.2) is 11.5 Å². The van der Waals surface area contributed by atoms with Crippen molar-refractivity contribution in [3.63, 3.8) is 0 Å². The highest BCUT2D eigenvalue weighted by Gasteiger charge is 2.13. The summed E-state index contributed by atoms with van der Waals surface area (Å²) in [4.78, 5) is 15.8. The highest BCUT2D eigenvalue weighted by atomic mass is 16.7. The first-order valence-electron chi connectivity index (χ1n) is 7.34. The molecular formula is C17H17N3O3. The van der Waals surface area contributed by atoms with E-state index in [0.29, 0.717) is 5.56 Å². The number of carbonyl (C=O) groups is 1. The van der Waals surface area contributed by atoms with Crippen LogP contribution in [0.1, 0.15) is 29.3 Å². The Balaban J connectivity index is 1.53. The zero-order chi connectivity index (χ0) is 16.1. The van der Waals surface area contributed by atoms with Crippen molar-refractivity contribution in [1.82, 2.24) is 10.4 Å². The van der Waals surface area contributed by atoms with Crippen LogP contribution in [0.4, 0.5) is 0 Å². The molecule has 0 atom stereocenters. The predicted molar refractivity (Wildman–Crippen MR) is 85.7 cm³/mol. The third kappa shape index (κ3) is 3.85. The molecule has 0 fully saturated rings. The van der Waals surface area contributed by atoms with Gasteiger partial charge in [-0.2, -0.15) is 5.10 Å². The first-order valence-corrected chi connectivity index (χ1v) is 7.34. The molecule has 0 saturated carbocycles. The maximum atomic E-state index is 11.9. The lowest BCUT2D eigenvalue weighted by molar-refractivity contribution is 0.0954. The summed E-state index contributed by atoms with van der Waals surface area (Å²) in [5.41, 5.74) is 5.02. The standard InChI is InChI=1S/C17H17N3O3/c1-12(19-20-17(21)14-3-2-8-18-10-14)4-5-13-6-7-15-16(9-13)23-11-22-15/h2-3,6-10H,4-5,11H2,1H3,(H,20,21)/b19-12+. The number of rotatable bonds is 5. The molecule has 1 aliphatic heterocycles. The van der Waals surface area contributed by atoms with Crippen LogP contribution >= 0.6 is 0 Å². The summed E-state index contributed by atoms with van der Waals surface area (Å²) >= 11 is 0. The molecule has 0 spiro atoms. The zero-order valence-corrected chi connectivity index (χ0v) is 12.8. The molecule has 1 N–H and O–H groups in total. The molecule has 0 aliphatic carbocycles. The molecule has 6 nitrogen and oxygen atoms in total. The number of benzene rings is 1. The number of carbonyl (C=O) groups excluding carboxylic acids is 1. The first-order chi connectivity index (χ1) is 11.2. The lowest BCUT2D eigenvalue weighted by Gasteiger charge is -2.04. The second kappa shape index (κ2) is 6.91. The fourth-order valence-electron chi connectivity index (χ4n) is 2.19. The molecule has 23 heavy (non-hydrogen) atoms. The van der Waals surface area contributed by atoms with Crippen molar-refractivity contribution in [3.8, 4) is 11.5 Å². The average Bonchev–Trinajstić information content (AvgIpc) is 3.06. The number of nitrogens with one attached hydrogen (secondary N) is 1. The van der Waals surface area contributed by atoms with Crippen LogP contribution in [0.25, 0.3) is 0 Å². The predicted octanol–water partition coefficient (Wildman–Crippen LogP) is 2.55. The van der Waals surface area contributed by atoms with E-state index in [0.717, 1.165) is 35.6 Å². The Morgan fingerprint density at radius 1 is 1.30 bits per heavy atom. The summed E-state index contributed by atoms with van der Waals surface area (Å²) in [7, 11) is 0. The topological polar surface area (TPSA) is 72.8 Å². The summed E-state index contributed by atoms with van der Waals surface area (Å²) in [6.07, 6.45) is 4.69. The first kappa shape index (κ1) is 15.0. The molecule has 2 heterocycles. The van der Waals surface area contributed by atoms with Gasteiger partial charge >= 0.3 is 0 Å². The van der Waals surface area contributed by atoms with Gasteiger partial charge < -0.3 is 9.47 Å². The van der Waals surface area contributed by atoms with Gasteiger partial charge in [0.25, 0.3) is 5.91 Å². The highest BCUT2D eigenvalue weighted by molar-refractivity contribution is 5.94. The third-order valence-electron chi connectivity index (χ3n) is 3.48. The van der Waals surface area contributed by atoms with Gasteiger partial charge in [0.1, 0.15) is 0 Å². The summed E-state index contributed by atoms with van der Waals surface area (Å²) in [6.45, 7) is 2.16. The highest BCUT2D eigenvalue weighted by Crippen LogP contribution is 2.32. The van der Waals surface area contributed by atoms with Crippen LogP contribution in [-0.2, 0) is 6.42 Å². The van der Waals surface area contributed by atoms with E-state index in [4.69, 9.17) is 9.47 Å². The normalized spacial score (nSPS) is 13.0. The molecule has 1 aromatic carbocycles. The van der Waals surface area contributed by atoms with E-state index in [-0.39, 0.29) is 12.7 Å². The number of amides is 1. The number of fused-ring (bicyclic) bond motifs is 1. The number of pyridine rings is 1. The fraction of sp³-hybridized carbons (Fsp3) is 0.235. The lowest BCUT2D eigenvalue weighted by atomic mass is 10.1. The molecule has 3 rings (SSSR count). The van der Waals surface area contributed by atoms with Crippen molar-refractivity contribution in [2.75, 3.05) is 6.79 Å². The van der Waals surface area contributed by atoms with Gasteiger partial charge in [-0.3, -0.25) is 9.78 Å². The molecule has 6 heteroatoms. The Morgan fingerprint density at radius 3 is 3.00 bits per heavy atom. The molecule has 0 radical (unpaired) electrons. The molecular weight excluding hydrogens is 294 g/mol. The van der Waals surface area contributed by atoms with E-state index in [9.17, 15) is 4.79 Å². The zero-order valence-electron chi connectivity index (χ0n) is 12.8. The van der Waals surface area contributed by atoms with E-state index in [2.05, 4.69) is 15.5 Å². The van der Waals surface area contributed by atoms with E-state index >= 15 is 0 Å². The Bertz CT molecular complexity index is 729. The van der Waals surface area contributed by atoms with Crippen molar-refractivity contribution in [2.24, 2.45) is 5.10 Å². The van der Waals surface area contributed by atoms with Crippen molar-refractivity contribution < 1.29 is 14.3 Å². The molecule has 1 amide bonds. The Kier molecular flexibility index (Phi) is 4.52. The van der Waals surface area contributed by atoms with Crippen LogP contribution in [0.3, 0.4) is 0 Å². The molecule has 1 aliphatic rings. The molecule has 2 aromatic rings. The number of hydrogen-bond acceptors (Lipinski definition) is 5. The fourth-order valence-corrected chi connectivity index (χ4v) is 2.19. The quantitative estimate of drug-likeness (QED) is 0.680. The van der Waals surface area contributed by atoms with E-state index < -0.39 is 0 Å². The number of aromatic nitrogens is 1. The summed E-state index contributed by atoms with van der Waals surface area (Å²) < 4.78 is 10.6. The minimum absolute atomic E-state index is 0.263. The van der Waals surface area contributed by atoms with Crippen molar-refractivity contribution in [1.29, 1.82) is 0 Å². The summed E-state index contributed by atoms with van der Waals surface area (Å²) in [6, 6.07) is 9.30. The maximum absolute atomic E-state index is 11.9. The molecule has 118 valence electrons. The smallest absolute Gasteiger partial charge is 0.272 e. The van der Waals surface area contributed by atoms with Gasteiger partial charge in [-0.15, -0.1) is 0 Å². The van der Waals surface area contributed by atoms with Gasteiger partial charge in [-0.1, -0.05) is 6.07 Å². The number of nitrogens with zero attached hydrogens (tertiary/aromatic N) is 2. The summed E-state index contributed by atoms with van der Waals surface area (Å²) in [5, 5.41) is 4.12. The van der Waals surface area contributed by atoms with Crippen LogP contribution in [-0.4, -0.2) is 23.4 Å². The minimum atomic E-state index is -0.263. The Morgan fingerprint density at radius 2 is 2.17 bits per heavy atom. The van der Waals surface area contributed by atoms with Crippen LogP contribution in [0.15, 0.2) is 47.8 Å². The van der Waals surface area contributed by atoms with Gasteiger partial charge in [0, 0.05) is 18.1 Å². The second-order valence-corrected chi connectivity index (χ2v) is 5.22. The molecule has 0 saturated heterocycles. The van der Waals surface area contributed by atoms with Gasteiger partial charge in [0.05, 0.1) is 5.56 Å². The second-order valence-electron chi connectivity index (χ2n) is 5.22. The number of ether oxygens (including phenoxy) is 2. The lowest BCUT2D eigenvalue weighted by Crippen LogP contribution is -2.19. The van der Waals surface area contributed by atoms with Crippen LogP contribution in [0.2, 0.25) is 0 Å². The van der Waals surface area contributed by atoms with Crippen LogP contribution in [0, 0.1) is 0 Å². The van der Waals surface area contributed by atoms with Crippen molar-refractivity contribution in [3.05, 3.63) is 53.9 Å². The molecule has 1 aromatic heterocycles. The number of hydrogen-bond donors (Lipinski definition) is 1. The minimum Gasteiger partial charge on any atom is -0.454 e. The SMILES string of the molecule is C/C(CCc1ccc2c(c1)OCO2)=N\NC(=O)c1cccnc1. The largest absolute Gasteiger partial charge is 0.454 e. The maximum Gasteiger partial charge on any atom is 0.272 e. The third-order valence-corrected chi connectivity index (χ3v) is 3.48. The molecule has 0 unspecified atom stereocenters. The van der Waals surface area contributed by atoms with Gasteiger partial charge in [-0.25, -0.2) is 5.43 Å². The van der Waals surface area contributed by atoms with Crippen molar-refractivity contribution >= 4 is 11.6 Å². The molecule has 0 bridgehead atoms. The van der Waals surface area contributed by atoms with Crippen LogP contribution < -0.4 is 14.9 Å².